The zero-order valence-corrected chi connectivity index (χ0v) is 18.6. The van der Waals surface area contributed by atoms with Gasteiger partial charge in [-0.1, -0.05) is 20.8 Å². The van der Waals surface area contributed by atoms with Gasteiger partial charge in [0.1, 0.15) is 0 Å². The molecule has 1 heterocycles. The molecule has 1 aromatic heterocycles. The first kappa shape index (κ1) is 24.2. The van der Waals surface area contributed by atoms with Gasteiger partial charge < -0.3 is 8.61 Å². The van der Waals surface area contributed by atoms with Crippen LogP contribution in [0.25, 0.3) is 0 Å². The second kappa shape index (κ2) is 8.23. The molecule has 0 fully saturated rings. The molecule has 2 rings (SSSR count). The van der Waals surface area contributed by atoms with Gasteiger partial charge >= 0.3 is 10.1 Å². The van der Waals surface area contributed by atoms with E-state index in [1.165, 1.54) is 6.07 Å². The Kier molecular flexibility index (Phi) is 6.64. The molecule has 0 saturated carbocycles. The van der Waals surface area contributed by atoms with E-state index in [4.69, 9.17) is 4.43 Å². The van der Waals surface area contributed by atoms with Crippen molar-refractivity contribution in [3.8, 4) is 5.75 Å². The summed E-state index contributed by atoms with van der Waals surface area (Å²) in [6.45, 7) is 10.0. The molecule has 0 aliphatic rings. The lowest BCUT2D eigenvalue weighted by atomic mass is 10.2. The van der Waals surface area contributed by atoms with Crippen LogP contribution in [-0.2, 0) is 21.2 Å². The second-order valence-electron chi connectivity index (χ2n) is 7.99. The van der Waals surface area contributed by atoms with Gasteiger partial charge in [-0.15, -0.1) is 0 Å². The predicted molar refractivity (Wildman–Crippen MR) is 100 cm³/mol. The van der Waals surface area contributed by atoms with Crippen LogP contribution in [0.15, 0.2) is 23.4 Å². The molecule has 166 valence electrons. The molecule has 0 saturated heterocycles. The third-order valence-electron chi connectivity index (χ3n) is 4.82. The van der Waals surface area contributed by atoms with Crippen LogP contribution < -0.4 is 4.18 Å². The number of aromatic nitrogens is 1. The Hall–Kier alpha value is -2.05. The Labute approximate surface area is 172 Å². The Morgan fingerprint density at radius 3 is 1.97 bits per heavy atom. The summed E-state index contributed by atoms with van der Waals surface area (Å²) in [6.07, 6.45) is 1.10. The van der Waals surface area contributed by atoms with E-state index in [-0.39, 0.29) is 11.6 Å². The summed E-state index contributed by atoms with van der Waals surface area (Å²) in [5, 5.41) is -0.883. The fourth-order valence-corrected chi connectivity index (χ4v) is 3.86. The third-order valence-corrected chi connectivity index (χ3v) is 10.4. The van der Waals surface area contributed by atoms with Crippen LogP contribution in [0, 0.1) is 29.1 Å². The SMILES string of the molecule is CC(C)(C)[Si](C)(C)OCc1ccnc(S(=O)(=O)Oc2c(F)c(F)c(F)c(F)c2F)c1. The second-order valence-corrected chi connectivity index (χ2v) is 14.3. The highest BCUT2D eigenvalue weighted by atomic mass is 32.2. The van der Waals surface area contributed by atoms with E-state index in [1.54, 1.807) is 0 Å². The molecule has 5 nitrogen and oxygen atoms in total. The Bertz CT molecular complexity index is 1040. The van der Waals surface area contributed by atoms with E-state index in [0.717, 1.165) is 12.3 Å². The first-order chi connectivity index (χ1) is 13.6. The minimum absolute atomic E-state index is 0.0318. The first-order valence-electron chi connectivity index (χ1n) is 8.63. The molecule has 0 aliphatic carbocycles. The molecule has 0 unspecified atom stereocenters. The van der Waals surface area contributed by atoms with Crippen molar-refractivity contribution in [3.05, 3.63) is 53.0 Å². The fourth-order valence-electron chi connectivity index (χ4n) is 1.97. The average Bonchev–Trinajstić information content (AvgIpc) is 2.66. The molecular weight excluding hydrogens is 449 g/mol. The molecule has 0 aliphatic heterocycles. The maximum atomic E-state index is 13.7. The summed E-state index contributed by atoms with van der Waals surface area (Å²) in [4.78, 5) is 3.56. The zero-order chi connectivity index (χ0) is 23.1. The highest BCUT2D eigenvalue weighted by molar-refractivity contribution is 7.87. The number of hydrogen-bond acceptors (Lipinski definition) is 5. The van der Waals surface area contributed by atoms with Crippen LogP contribution in [0.1, 0.15) is 26.3 Å². The molecule has 2 aromatic rings. The monoisotopic (exact) mass is 469 g/mol. The molecule has 30 heavy (non-hydrogen) atoms. The Balaban J connectivity index is 2.34. The minimum atomic E-state index is -5.00. The highest BCUT2D eigenvalue weighted by Crippen LogP contribution is 2.37. The van der Waals surface area contributed by atoms with E-state index in [1.807, 2.05) is 33.9 Å². The van der Waals surface area contributed by atoms with Gasteiger partial charge in [0.25, 0.3) is 0 Å². The Morgan fingerprint density at radius 2 is 1.47 bits per heavy atom. The van der Waals surface area contributed by atoms with Crippen LogP contribution in [0.4, 0.5) is 22.0 Å². The minimum Gasteiger partial charge on any atom is -0.413 e. The number of pyridine rings is 1. The van der Waals surface area contributed by atoms with Crippen LogP contribution in [0.3, 0.4) is 0 Å². The van der Waals surface area contributed by atoms with E-state index >= 15 is 0 Å². The number of halogens is 5. The Morgan fingerprint density at radius 1 is 0.967 bits per heavy atom. The summed E-state index contributed by atoms with van der Waals surface area (Å²) in [6, 6.07) is 2.50. The molecule has 0 spiro atoms. The first-order valence-corrected chi connectivity index (χ1v) is 12.9. The lowest BCUT2D eigenvalue weighted by Crippen LogP contribution is -2.40. The van der Waals surface area contributed by atoms with Crippen molar-refractivity contribution in [2.24, 2.45) is 0 Å². The van der Waals surface area contributed by atoms with Crippen molar-refractivity contribution in [2.75, 3.05) is 0 Å². The van der Waals surface area contributed by atoms with E-state index in [0.29, 0.717) is 5.56 Å². The summed E-state index contributed by atoms with van der Waals surface area (Å²) < 4.78 is 102. The largest absolute Gasteiger partial charge is 0.413 e. The van der Waals surface area contributed by atoms with Crippen molar-refractivity contribution in [3.63, 3.8) is 0 Å². The van der Waals surface area contributed by atoms with Gasteiger partial charge in [-0.25, -0.2) is 18.2 Å². The van der Waals surface area contributed by atoms with Crippen LogP contribution in [0.5, 0.6) is 5.75 Å². The van der Waals surface area contributed by atoms with E-state index in [2.05, 4.69) is 9.17 Å². The van der Waals surface area contributed by atoms with Gasteiger partial charge in [-0.05, 0) is 35.8 Å². The maximum absolute atomic E-state index is 13.7. The maximum Gasteiger partial charge on any atom is 0.357 e. The van der Waals surface area contributed by atoms with Gasteiger partial charge in [0, 0.05) is 6.20 Å². The molecule has 0 atom stereocenters. The van der Waals surface area contributed by atoms with Gasteiger partial charge in [-0.3, -0.25) is 0 Å². The summed E-state index contributed by atoms with van der Waals surface area (Å²) in [5.74, 6) is -13.8. The van der Waals surface area contributed by atoms with Gasteiger partial charge in [-0.2, -0.15) is 17.2 Å². The molecule has 1 aromatic carbocycles. The number of hydrogen-bond donors (Lipinski definition) is 0. The molecular formula is C18H20F5NO4SSi. The van der Waals surface area contributed by atoms with Crippen LogP contribution in [-0.4, -0.2) is 21.7 Å². The average molecular weight is 470 g/mol. The predicted octanol–water partition coefficient (Wildman–Crippen LogP) is 5.07. The number of benzene rings is 1. The van der Waals surface area contributed by atoms with Crippen molar-refractivity contribution in [2.45, 2.75) is 50.5 Å². The zero-order valence-electron chi connectivity index (χ0n) is 16.8. The molecule has 12 heteroatoms. The van der Waals surface area contributed by atoms with Crippen molar-refractivity contribution < 1.29 is 39.0 Å². The fraction of sp³-hybridized carbons (Fsp3) is 0.389. The lowest BCUT2D eigenvalue weighted by Gasteiger charge is -2.36. The lowest BCUT2D eigenvalue weighted by molar-refractivity contribution is 0.276. The van der Waals surface area contributed by atoms with E-state index in [9.17, 15) is 30.4 Å². The molecule has 0 amide bonds. The quantitative estimate of drug-likeness (QED) is 0.194. The van der Waals surface area contributed by atoms with Crippen LogP contribution in [0.2, 0.25) is 18.1 Å². The van der Waals surface area contributed by atoms with Gasteiger partial charge in [0.05, 0.1) is 6.61 Å². The third kappa shape index (κ3) is 4.81. The smallest absolute Gasteiger partial charge is 0.357 e. The highest BCUT2D eigenvalue weighted by Gasteiger charge is 2.37. The van der Waals surface area contributed by atoms with Gasteiger partial charge in [0.15, 0.2) is 13.3 Å². The molecule has 0 N–H and O–H groups in total. The van der Waals surface area contributed by atoms with Crippen molar-refractivity contribution in [1.29, 1.82) is 0 Å². The van der Waals surface area contributed by atoms with Crippen LogP contribution >= 0.6 is 0 Å². The summed E-state index contributed by atoms with van der Waals surface area (Å²) in [5.41, 5.74) is 0.370. The van der Waals surface area contributed by atoms with Crippen molar-refractivity contribution in [1.82, 2.24) is 4.98 Å². The van der Waals surface area contributed by atoms with E-state index < -0.39 is 58.3 Å². The summed E-state index contributed by atoms with van der Waals surface area (Å²) in [7, 11) is -7.16. The number of rotatable bonds is 6. The molecule has 0 bridgehead atoms. The topological polar surface area (TPSA) is 65.5 Å². The van der Waals surface area contributed by atoms with Gasteiger partial charge in [0.2, 0.25) is 34.8 Å². The normalized spacial score (nSPS) is 12.9. The van der Waals surface area contributed by atoms with Crippen molar-refractivity contribution >= 4 is 18.4 Å². The summed E-state index contributed by atoms with van der Waals surface area (Å²) >= 11 is 0. The molecule has 0 radical (unpaired) electrons. The standard InChI is InChI=1S/C18H20F5NO4SSi/c1-18(2,3)30(4,5)27-9-10-6-7-24-11(8-10)29(25,26)28-17-15(22)13(20)12(19)14(21)16(17)23/h6-8H,9H2,1-5H3. The number of nitrogens with zero attached hydrogens (tertiary/aromatic N) is 1.